The van der Waals surface area contributed by atoms with Crippen LogP contribution in [0.3, 0.4) is 0 Å². The number of rotatable bonds is 17. The van der Waals surface area contributed by atoms with Gasteiger partial charge in [0.25, 0.3) is 0 Å². The van der Waals surface area contributed by atoms with Gasteiger partial charge in [0.05, 0.1) is 32.4 Å². The van der Waals surface area contributed by atoms with Crippen molar-refractivity contribution >= 4 is 23.9 Å². The number of allylic oxidation sites excluding steroid dienone is 1. The van der Waals surface area contributed by atoms with Gasteiger partial charge in [0.15, 0.2) is 6.10 Å². The van der Waals surface area contributed by atoms with E-state index in [1.165, 1.54) is 19.4 Å². The fraction of sp³-hybridized carbons (Fsp3) is 0.564. The third kappa shape index (κ3) is 8.25. The largest absolute Gasteiger partial charge is 0.467 e. The van der Waals surface area contributed by atoms with E-state index in [0.29, 0.717) is 17.9 Å². The smallest absolute Gasteiger partial charge is 0.346 e. The first kappa shape index (κ1) is 41.4. The Morgan fingerprint density at radius 1 is 1.09 bits per heavy atom. The number of benzene rings is 1. The van der Waals surface area contributed by atoms with Crippen LogP contribution in [-0.2, 0) is 54.0 Å². The second kappa shape index (κ2) is 17.2. The average molecular weight is 741 g/mol. The number of nitrogens with zero attached hydrogens (tertiary/aromatic N) is 1. The summed E-state index contributed by atoms with van der Waals surface area (Å²) in [5.74, 6) is -6.40. The summed E-state index contributed by atoms with van der Waals surface area (Å²) < 4.78 is 34.3. The first-order valence-corrected chi connectivity index (χ1v) is 17.8. The molecular formula is C39H52N2O12. The maximum Gasteiger partial charge on any atom is 0.346 e. The van der Waals surface area contributed by atoms with Crippen LogP contribution in [0.2, 0.25) is 0 Å². The molecule has 3 heterocycles. The summed E-state index contributed by atoms with van der Waals surface area (Å²) in [4.78, 5) is 60.2. The molecule has 53 heavy (non-hydrogen) atoms. The van der Waals surface area contributed by atoms with E-state index in [0.717, 1.165) is 38.7 Å². The Labute approximate surface area is 309 Å². The molecule has 10 atom stereocenters. The fourth-order valence-electron chi connectivity index (χ4n) is 7.33. The molecule has 0 saturated carbocycles. The average Bonchev–Trinajstić information content (AvgIpc) is 3.75. The summed E-state index contributed by atoms with van der Waals surface area (Å²) in [5, 5.41) is 24.6. The van der Waals surface area contributed by atoms with E-state index in [-0.39, 0.29) is 30.4 Å². The van der Waals surface area contributed by atoms with E-state index < -0.39 is 65.3 Å². The first-order chi connectivity index (χ1) is 25.1. The number of H-pyrrole nitrogens is 1. The quantitative estimate of drug-likeness (QED) is 0.0911. The van der Waals surface area contributed by atoms with Crippen molar-refractivity contribution in [2.45, 2.75) is 108 Å². The number of fused-ring (bicyclic) bond motifs is 2. The van der Waals surface area contributed by atoms with E-state index in [9.17, 15) is 29.4 Å². The number of carbonyl (C=O) groups excluding carboxylic acids is 4. The minimum Gasteiger partial charge on any atom is -0.467 e. The number of esters is 4. The predicted molar refractivity (Wildman–Crippen MR) is 189 cm³/mol. The van der Waals surface area contributed by atoms with Gasteiger partial charge in [0, 0.05) is 25.3 Å². The highest BCUT2D eigenvalue weighted by Gasteiger charge is 2.85. The second-order valence-electron chi connectivity index (χ2n) is 14.1. The molecule has 4 rings (SSSR count). The lowest BCUT2D eigenvalue weighted by atomic mass is 9.73. The number of hydrogen-bond donors (Lipinski definition) is 3. The number of nitrogens with one attached hydrogen (secondary N) is 1. The van der Waals surface area contributed by atoms with E-state index in [2.05, 4.69) is 30.4 Å². The lowest BCUT2D eigenvalue weighted by Gasteiger charge is -2.50. The Morgan fingerprint density at radius 3 is 2.36 bits per heavy atom. The minimum absolute atomic E-state index is 0.00453. The molecule has 14 heteroatoms. The zero-order chi connectivity index (χ0) is 39.1. The van der Waals surface area contributed by atoms with Crippen molar-refractivity contribution in [2.24, 2.45) is 17.8 Å². The van der Waals surface area contributed by atoms with Gasteiger partial charge in [0.2, 0.25) is 17.0 Å². The van der Waals surface area contributed by atoms with Crippen LogP contribution in [0.5, 0.6) is 0 Å². The van der Waals surface area contributed by atoms with Crippen LogP contribution in [0, 0.1) is 17.8 Å². The molecular weight excluding hydrogens is 688 g/mol. The summed E-state index contributed by atoms with van der Waals surface area (Å²) in [6, 6.07) is 9.61. The number of carbonyl (C=O) groups is 4. The standard InChI is InChI=1S/C39H52N2O12/c1-9-23(2)19-24(3)15-16-30(43)51-34-32(44)37(18-17-25(4)31(50-27(6)42)26(5)20-28-13-11-10-12-14-28)52-33(29-21-40-22-41-29)38(47,35(45)48-7)39(34,53-37)36(46)49-8/h10-16,21-24,26,31-34,44,47H,4,9,17-20H2,1-3,5-8H3,(H,40,41)/b16-15+/t23-,24+,26+,31+,32+,33?,34+,37-,38+,39-/m0/s1. The first-order valence-electron chi connectivity index (χ1n) is 17.8. The molecule has 1 unspecified atom stereocenters. The van der Waals surface area contributed by atoms with Crippen LogP contribution in [0.25, 0.3) is 0 Å². The van der Waals surface area contributed by atoms with Crippen molar-refractivity contribution < 1.29 is 57.8 Å². The molecule has 2 aromatic rings. The van der Waals surface area contributed by atoms with E-state index in [4.69, 9.17) is 28.4 Å². The van der Waals surface area contributed by atoms with Crippen molar-refractivity contribution in [3.63, 3.8) is 0 Å². The Kier molecular flexibility index (Phi) is 13.4. The van der Waals surface area contributed by atoms with Crippen LogP contribution in [-0.4, -0.2) is 93.6 Å². The van der Waals surface area contributed by atoms with Gasteiger partial charge >= 0.3 is 23.9 Å². The van der Waals surface area contributed by atoms with Crippen molar-refractivity contribution in [2.75, 3.05) is 14.2 Å². The molecule has 0 spiro atoms. The summed E-state index contributed by atoms with van der Waals surface area (Å²) in [5.41, 5.74) is -4.60. The minimum atomic E-state index is -3.11. The lowest BCUT2D eigenvalue weighted by molar-refractivity contribution is -0.383. The van der Waals surface area contributed by atoms with Gasteiger partial charge in [-0.05, 0) is 42.2 Å². The van der Waals surface area contributed by atoms with Crippen LogP contribution in [0.4, 0.5) is 0 Å². The number of aromatic nitrogens is 2. The Bertz CT molecular complexity index is 1630. The molecule has 0 amide bonds. The fourth-order valence-corrected chi connectivity index (χ4v) is 7.33. The second-order valence-corrected chi connectivity index (χ2v) is 14.1. The highest BCUT2D eigenvalue weighted by atomic mass is 16.8. The van der Waals surface area contributed by atoms with Gasteiger partial charge in [-0.25, -0.2) is 19.4 Å². The van der Waals surface area contributed by atoms with Gasteiger partial charge in [-0.1, -0.05) is 77.1 Å². The molecule has 1 aromatic carbocycles. The molecule has 2 aliphatic rings. The molecule has 3 N–H and O–H groups in total. The SMILES string of the molecule is C=C(CC[C@]12OC(c3cnc[nH]3)[C@@](O)(C(=O)OC)[C@](C(=O)OC)(O1)[C@H](OC(=O)/C=C/[C@@H](C)C[C@@H](C)CC)[C@H]2O)[C@@H](OC(C)=O)[C@H](C)Cc1ccccc1. The maximum atomic E-state index is 14.0. The number of aliphatic hydroxyl groups excluding tert-OH is 1. The van der Waals surface area contributed by atoms with Crippen LogP contribution in [0.15, 0.2) is 67.2 Å². The summed E-state index contributed by atoms with van der Waals surface area (Å²) >= 11 is 0. The summed E-state index contributed by atoms with van der Waals surface area (Å²) in [7, 11) is 1.96. The van der Waals surface area contributed by atoms with Gasteiger partial charge in [-0.15, -0.1) is 0 Å². The number of hydrogen-bond acceptors (Lipinski definition) is 13. The Morgan fingerprint density at radius 2 is 1.77 bits per heavy atom. The molecule has 2 bridgehead atoms. The maximum absolute atomic E-state index is 14.0. The molecule has 0 radical (unpaired) electrons. The van der Waals surface area contributed by atoms with E-state index >= 15 is 0 Å². The van der Waals surface area contributed by atoms with Crippen molar-refractivity contribution in [3.05, 3.63) is 78.4 Å². The number of methoxy groups -OCH3 is 2. The number of imidazole rings is 1. The Balaban J connectivity index is 1.78. The van der Waals surface area contributed by atoms with Crippen molar-refractivity contribution in [1.29, 1.82) is 0 Å². The summed E-state index contributed by atoms with van der Waals surface area (Å²) in [6.45, 7) is 13.5. The van der Waals surface area contributed by atoms with Gasteiger partial charge in [-0.2, -0.15) is 0 Å². The number of aliphatic hydroxyl groups is 2. The van der Waals surface area contributed by atoms with E-state index in [1.807, 2.05) is 44.2 Å². The molecule has 2 saturated heterocycles. The van der Waals surface area contributed by atoms with Gasteiger partial charge in [-0.3, -0.25) is 4.79 Å². The molecule has 0 aliphatic carbocycles. The predicted octanol–water partition coefficient (Wildman–Crippen LogP) is 4.07. The third-order valence-corrected chi connectivity index (χ3v) is 10.2. The van der Waals surface area contributed by atoms with Crippen LogP contribution < -0.4 is 0 Å². The monoisotopic (exact) mass is 740 g/mol. The van der Waals surface area contributed by atoms with Crippen LogP contribution in [0.1, 0.15) is 77.7 Å². The molecule has 2 aliphatic heterocycles. The highest BCUT2D eigenvalue weighted by molar-refractivity contribution is 5.95. The number of aromatic amines is 1. The lowest BCUT2D eigenvalue weighted by Crippen LogP contribution is -2.74. The molecule has 1 aromatic heterocycles. The highest BCUT2D eigenvalue weighted by Crippen LogP contribution is 2.60. The van der Waals surface area contributed by atoms with Gasteiger partial charge in [0.1, 0.15) is 18.3 Å². The molecule has 14 nitrogen and oxygen atoms in total. The zero-order valence-corrected chi connectivity index (χ0v) is 31.4. The number of ether oxygens (including phenoxy) is 6. The topological polar surface area (TPSA) is 193 Å². The molecule has 2 fully saturated rings. The normalized spacial score (nSPS) is 28.7. The summed E-state index contributed by atoms with van der Waals surface area (Å²) in [6.07, 6.45) is 0.611. The van der Waals surface area contributed by atoms with Crippen molar-refractivity contribution in [3.8, 4) is 0 Å². The molecule has 290 valence electrons. The Hall–Kier alpha value is -4.37. The van der Waals surface area contributed by atoms with Gasteiger partial charge < -0.3 is 43.6 Å². The van der Waals surface area contributed by atoms with Crippen molar-refractivity contribution in [1.82, 2.24) is 9.97 Å². The van der Waals surface area contributed by atoms with E-state index in [1.54, 1.807) is 6.08 Å². The third-order valence-electron chi connectivity index (χ3n) is 10.2. The zero-order valence-electron chi connectivity index (χ0n) is 31.4. The van der Waals surface area contributed by atoms with Crippen LogP contribution >= 0.6 is 0 Å².